The van der Waals surface area contributed by atoms with Gasteiger partial charge in [0.2, 0.25) is 0 Å². The van der Waals surface area contributed by atoms with Crippen molar-refractivity contribution < 1.29 is 14.6 Å². The SMILES string of the molecule is COc1ccc([C@H](O)CNc2cc[nH]c(=O)c2-c2nc3c(C)cc(N4CCO[C@H](C)C4)cc3[nH]2)cc1Br. The number of fused-ring (bicyclic) bond motifs is 1. The van der Waals surface area contributed by atoms with Gasteiger partial charge in [0.25, 0.3) is 5.56 Å². The van der Waals surface area contributed by atoms with E-state index in [2.05, 4.69) is 55.2 Å². The van der Waals surface area contributed by atoms with Gasteiger partial charge in [0, 0.05) is 31.5 Å². The summed E-state index contributed by atoms with van der Waals surface area (Å²) in [7, 11) is 1.59. The average Bonchev–Trinajstić information content (AvgIpc) is 3.31. The topological polar surface area (TPSA) is 116 Å². The molecule has 1 saturated heterocycles. The second kappa shape index (κ2) is 10.6. The van der Waals surface area contributed by atoms with E-state index in [1.165, 1.54) is 0 Å². The summed E-state index contributed by atoms with van der Waals surface area (Å²) in [5, 5.41) is 14.0. The fourth-order valence-electron chi connectivity index (χ4n) is 4.70. The monoisotopic (exact) mass is 567 g/mol. The molecule has 0 amide bonds. The lowest BCUT2D eigenvalue weighted by Gasteiger charge is -2.33. The summed E-state index contributed by atoms with van der Waals surface area (Å²) in [5.74, 6) is 1.16. The van der Waals surface area contributed by atoms with Gasteiger partial charge in [-0.25, -0.2) is 4.98 Å². The van der Waals surface area contributed by atoms with E-state index in [-0.39, 0.29) is 18.2 Å². The van der Waals surface area contributed by atoms with Gasteiger partial charge in [0.15, 0.2) is 0 Å². The van der Waals surface area contributed by atoms with E-state index in [0.29, 0.717) is 29.4 Å². The van der Waals surface area contributed by atoms with Crippen LogP contribution < -0.4 is 20.5 Å². The molecule has 1 fully saturated rings. The van der Waals surface area contributed by atoms with Gasteiger partial charge >= 0.3 is 0 Å². The van der Waals surface area contributed by atoms with Crippen LogP contribution in [0.4, 0.5) is 11.4 Å². The number of halogens is 1. The van der Waals surface area contributed by atoms with E-state index in [0.717, 1.165) is 45.4 Å². The number of aromatic amines is 2. The van der Waals surface area contributed by atoms with Crippen molar-refractivity contribution in [3.63, 3.8) is 0 Å². The van der Waals surface area contributed by atoms with Gasteiger partial charge in [0.1, 0.15) is 17.1 Å². The summed E-state index contributed by atoms with van der Waals surface area (Å²) >= 11 is 3.46. The van der Waals surface area contributed by atoms with Crippen molar-refractivity contribution in [2.24, 2.45) is 0 Å². The molecule has 194 valence electrons. The van der Waals surface area contributed by atoms with Crippen LogP contribution in [-0.4, -0.2) is 59.5 Å². The Morgan fingerprint density at radius 3 is 2.92 bits per heavy atom. The minimum Gasteiger partial charge on any atom is -0.496 e. The number of methoxy groups -OCH3 is 1. The third kappa shape index (κ3) is 5.22. The summed E-state index contributed by atoms with van der Waals surface area (Å²) in [6, 6.07) is 11.4. The third-order valence-electron chi connectivity index (χ3n) is 6.61. The molecule has 10 heteroatoms. The Hall–Kier alpha value is -3.34. The smallest absolute Gasteiger partial charge is 0.261 e. The van der Waals surface area contributed by atoms with Crippen LogP contribution in [0.15, 0.2) is 51.9 Å². The van der Waals surface area contributed by atoms with Crippen LogP contribution in [0.25, 0.3) is 22.4 Å². The predicted octanol–water partition coefficient (Wildman–Crippen LogP) is 4.37. The molecule has 37 heavy (non-hydrogen) atoms. The van der Waals surface area contributed by atoms with Gasteiger partial charge in [-0.05, 0) is 71.2 Å². The van der Waals surface area contributed by atoms with Crippen LogP contribution in [0, 0.1) is 6.92 Å². The van der Waals surface area contributed by atoms with Crippen LogP contribution in [0.3, 0.4) is 0 Å². The number of H-pyrrole nitrogens is 2. The first-order chi connectivity index (χ1) is 17.8. The zero-order chi connectivity index (χ0) is 26.1. The number of morpholine rings is 1. The predicted molar refractivity (Wildman–Crippen MR) is 149 cm³/mol. The number of hydrogen-bond acceptors (Lipinski definition) is 7. The van der Waals surface area contributed by atoms with Gasteiger partial charge in [-0.3, -0.25) is 4.79 Å². The minimum absolute atomic E-state index is 0.174. The van der Waals surface area contributed by atoms with Crippen LogP contribution in [0.1, 0.15) is 24.2 Å². The molecule has 0 saturated carbocycles. The highest BCUT2D eigenvalue weighted by Crippen LogP contribution is 2.31. The molecule has 0 radical (unpaired) electrons. The molecule has 2 aromatic carbocycles. The van der Waals surface area contributed by atoms with Crippen LogP contribution >= 0.6 is 15.9 Å². The number of ether oxygens (including phenoxy) is 2. The molecule has 9 nitrogen and oxygen atoms in total. The first-order valence-electron chi connectivity index (χ1n) is 12.2. The molecule has 2 atom stereocenters. The molecule has 1 aliphatic heterocycles. The zero-order valence-corrected chi connectivity index (χ0v) is 22.6. The summed E-state index contributed by atoms with van der Waals surface area (Å²) in [6.07, 6.45) is 0.953. The number of aromatic nitrogens is 3. The van der Waals surface area contributed by atoms with Gasteiger partial charge in [-0.2, -0.15) is 0 Å². The Kier molecular flexibility index (Phi) is 7.23. The fourth-order valence-corrected chi connectivity index (χ4v) is 5.26. The van der Waals surface area contributed by atoms with Crippen molar-refractivity contribution in [3.05, 3.63) is 68.5 Å². The molecule has 0 bridgehead atoms. The largest absolute Gasteiger partial charge is 0.496 e. The number of pyridine rings is 1. The number of aryl methyl sites for hydroxylation is 1. The maximum absolute atomic E-state index is 12.9. The Labute approximate surface area is 223 Å². The lowest BCUT2D eigenvalue weighted by Crippen LogP contribution is -2.41. The van der Waals surface area contributed by atoms with Crippen molar-refractivity contribution in [3.8, 4) is 17.1 Å². The molecule has 2 aromatic heterocycles. The van der Waals surface area contributed by atoms with Gasteiger partial charge < -0.3 is 34.8 Å². The van der Waals surface area contributed by atoms with Crippen molar-refractivity contribution in [1.82, 2.24) is 15.0 Å². The Morgan fingerprint density at radius 2 is 2.16 bits per heavy atom. The quantitative estimate of drug-likeness (QED) is 0.262. The van der Waals surface area contributed by atoms with Crippen LogP contribution in [0.5, 0.6) is 5.75 Å². The van der Waals surface area contributed by atoms with E-state index in [9.17, 15) is 9.90 Å². The van der Waals surface area contributed by atoms with Crippen molar-refractivity contribution in [2.75, 3.05) is 43.6 Å². The summed E-state index contributed by atoms with van der Waals surface area (Å²) in [5.41, 5.74) is 5.22. The van der Waals surface area contributed by atoms with Gasteiger partial charge in [0.05, 0.1) is 47.1 Å². The molecule has 0 unspecified atom stereocenters. The van der Waals surface area contributed by atoms with Gasteiger partial charge in [-0.1, -0.05) is 6.07 Å². The molecule has 5 rings (SSSR count). The molecule has 0 spiro atoms. The molecule has 1 aliphatic rings. The summed E-state index contributed by atoms with van der Waals surface area (Å²) in [6.45, 7) is 6.65. The Bertz CT molecular complexity index is 1480. The number of aliphatic hydroxyl groups is 1. The first-order valence-corrected chi connectivity index (χ1v) is 13.0. The molecular weight excluding hydrogens is 538 g/mol. The fraction of sp³-hybridized carbons (Fsp3) is 0.333. The van der Waals surface area contributed by atoms with E-state index in [1.807, 2.05) is 19.1 Å². The highest BCUT2D eigenvalue weighted by Gasteiger charge is 2.20. The highest BCUT2D eigenvalue weighted by molar-refractivity contribution is 9.10. The summed E-state index contributed by atoms with van der Waals surface area (Å²) < 4.78 is 11.7. The van der Waals surface area contributed by atoms with E-state index >= 15 is 0 Å². The molecule has 4 aromatic rings. The molecule has 0 aliphatic carbocycles. The van der Waals surface area contributed by atoms with Crippen LogP contribution in [0.2, 0.25) is 0 Å². The number of rotatable bonds is 7. The van der Waals surface area contributed by atoms with Gasteiger partial charge in [-0.15, -0.1) is 0 Å². The maximum atomic E-state index is 12.9. The second-order valence-electron chi connectivity index (χ2n) is 9.26. The number of imidazole rings is 1. The van der Waals surface area contributed by atoms with Crippen molar-refractivity contribution in [2.45, 2.75) is 26.1 Å². The first kappa shape index (κ1) is 25.3. The zero-order valence-electron chi connectivity index (χ0n) is 21.0. The highest BCUT2D eigenvalue weighted by atomic mass is 79.9. The number of anilines is 2. The average molecular weight is 568 g/mol. The third-order valence-corrected chi connectivity index (χ3v) is 7.23. The van der Waals surface area contributed by atoms with Crippen molar-refractivity contribution >= 4 is 38.3 Å². The lowest BCUT2D eigenvalue weighted by molar-refractivity contribution is 0.0532. The van der Waals surface area contributed by atoms with Crippen molar-refractivity contribution in [1.29, 1.82) is 0 Å². The maximum Gasteiger partial charge on any atom is 0.261 e. The minimum atomic E-state index is -0.800. The Morgan fingerprint density at radius 1 is 1.32 bits per heavy atom. The molecular formula is C27H30BrN5O4. The number of hydrogen-bond donors (Lipinski definition) is 4. The Balaban J connectivity index is 1.43. The lowest BCUT2D eigenvalue weighted by atomic mass is 10.1. The normalized spacial score (nSPS) is 16.7. The van der Waals surface area contributed by atoms with E-state index in [1.54, 1.807) is 25.4 Å². The van der Waals surface area contributed by atoms with E-state index in [4.69, 9.17) is 14.5 Å². The number of nitrogens with zero attached hydrogens (tertiary/aromatic N) is 2. The second-order valence-corrected chi connectivity index (χ2v) is 10.1. The van der Waals surface area contributed by atoms with E-state index < -0.39 is 6.10 Å². The number of aliphatic hydroxyl groups excluding tert-OH is 1. The summed E-state index contributed by atoms with van der Waals surface area (Å²) in [4.78, 5) is 26.1. The molecule has 3 heterocycles. The molecule has 4 N–H and O–H groups in total. The number of benzene rings is 2. The standard InChI is InChI=1S/C27H30BrN5O4/c1-15-10-18(33-8-9-37-16(2)14-33)12-21-25(15)32-26(31-21)24-20(6-7-29-27(24)35)30-13-22(34)17-4-5-23(36-3)19(28)11-17/h4-7,10-12,16,22,34H,8-9,13-14H2,1-3H3,(H,31,32)(H2,29,30,35)/t16-,22-/m1/s1. The number of nitrogens with one attached hydrogen (secondary N) is 3. The van der Waals surface area contributed by atoms with Crippen LogP contribution in [-0.2, 0) is 4.74 Å².